The standard InChI is InChI=1S/C10H12N4O5S2/c1-21(18,19)13-10-11-6(5-20-10)2-9(17)14-3-7(15)12-8(16)4-14/h5H,2-4H2,1H3,(H,11,13)(H,12,15,16). The minimum absolute atomic E-state index is 0.109. The summed E-state index contributed by atoms with van der Waals surface area (Å²) in [5.41, 5.74) is 0.370. The van der Waals surface area contributed by atoms with Gasteiger partial charge in [-0.2, -0.15) is 0 Å². The summed E-state index contributed by atoms with van der Waals surface area (Å²) in [7, 11) is -3.42. The topological polar surface area (TPSA) is 126 Å². The van der Waals surface area contributed by atoms with Crippen LogP contribution in [0.15, 0.2) is 5.38 Å². The van der Waals surface area contributed by atoms with Crippen molar-refractivity contribution in [1.29, 1.82) is 0 Å². The summed E-state index contributed by atoms with van der Waals surface area (Å²) in [5, 5.41) is 3.79. The van der Waals surface area contributed by atoms with Crippen LogP contribution in [0.5, 0.6) is 0 Å². The average molecular weight is 332 g/mol. The Kier molecular flexibility index (Phi) is 4.23. The van der Waals surface area contributed by atoms with Crippen molar-refractivity contribution in [2.45, 2.75) is 6.42 Å². The zero-order valence-electron chi connectivity index (χ0n) is 11.0. The smallest absolute Gasteiger partial charge is 0.246 e. The summed E-state index contributed by atoms with van der Waals surface area (Å²) in [5.74, 6) is -1.48. The molecular weight excluding hydrogens is 320 g/mol. The lowest BCUT2D eigenvalue weighted by Gasteiger charge is -2.25. The molecule has 0 saturated carbocycles. The highest BCUT2D eigenvalue weighted by Crippen LogP contribution is 2.17. The molecule has 1 aromatic heterocycles. The van der Waals surface area contributed by atoms with Crippen molar-refractivity contribution < 1.29 is 22.8 Å². The van der Waals surface area contributed by atoms with Gasteiger partial charge in [-0.1, -0.05) is 0 Å². The van der Waals surface area contributed by atoms with Crippen LogP contribution in [0.1, 0.15) is 5.69 Å². The van der Waals surface area contributed by atoms with E-state index in [1.54, 1.807) is 0 Å². The van der Waals surface area contributed by atoms with Gasteiger partial charge >= 0.3 is 0 Å². The molecule has 2 N–H and O–H groups in total. The Morgan fingerprint density at radius 1 is 1.43 bits per heavy atom. The normalized spacial score (nSPS) is 15.8. The molecule has 0 atom stereocenters. The first-order chi connectivity index (χ1) is 9.73. The maximum Gasteiger partial charge on any atom is 0.246 e. The Morgan fingerprint density at radius 3 is 2.62 bits per heavy atom. The van der Waals surface area contributed by atoms with Crippen LogP contribution in [-0.2, 0) is 30.8 Å². The molecular formula is C10H12N4O5S2. The lowest BCUT2D eigenvalue weighted by Crippen LogP contribution is -2.53. The van der Waals surface area contributed by atoms with E-state index in [0.717, 1.165) is 22.5 Å². The third-order valence-corrected chi connectivity index (χ3v) is 3.96. The van der Waals surface area contributed by atoms with Gasteiger partial charge in [0.1, 0.15) is 13.1 Å². The number of carbonyl (C=O) groups is 3. The second-order valence-electron chi connectivity index (χ2n) is 4.42. The summed E-state index contributed by atoms with van der Waals surface area (Å²) in [4.78, 5) is 39.4. The van der Waals surface area contributed by atoms with Crippen molar-refractivity contribution in [1.82, 2.24) is 15.2 Å². The highest BCUT2D eigenvalue weighted by atomic mass is 32.2. The number of anilines is 1. The number of hydrogen-bond acceptors (Lipinski definition) is 7. The van der Waals surface area contributed by atoms with E-state index in [1.807, 2.05) is 0 Å². The first kappa shape index (κ1) is 15.4. The molecule has 2 rings (SSSR count). The molecule has 114 valence electrons. The lowest BCUT2D eigenvalue weighted by atomic mass is 10.2. The van der Waals surface area contributed by atoms with Gasteiger partial charge in [-0.05, 0) is 0 Å². The third-order valence-electron chi connectivity index (χ3n) is 2.46. The summed E-state index contributed by atoms with van der Waals surface area (Å²) in [6, 6.07) is 0. The van der Waals surface area contributed by atoms with E-state index in [-0.39, 0.29) is 24.6 Å². The molecule has 1 aliphatic rings. The van der Waals surface area contributed by atoms with E-state index in [0.29, 0.717) is 5.69 Å². The molecule has 9 nitrogen and oxygen atoms in total. The molecule has 0 bridgehead atoms. The number of nitrogens with zero attached hydrogens (tertiary/aromatic N) is 2. The molecule has 1 aliphatic heterocycles. The van der Waals surface area contributed by atoms with Crippen molar-refractivity contribution in [3.8, 4) is 0 Å². The fraction of sp³-hybridized carbons (Fsp3) is 0.400. The van der Waals surface area contributed by atoms with Gasteiger partial charge < -0.3 is 4.90 Å². The Morgan fingerprint density at radius 2 is 2.05 bits per heavy atom. The molecule has 0 radical (unpaired) electrons. The minimum Gasteiger partial charge on any atom is -0.324 e. The average Bonchev–Trinajstić information content (AvgIpc) is 2.72. The van der Waals surface area contributed by atoms with E-state index >= 15 is 0 Å². The predicted molar refractivity (Wildman–Crippen MR) is 74.0 cm³/mol. The van der Waals surface area contributed by atoms with Crippen LogP contribution in [0.3, 0.4) is 0 Å². The first-order valence-electron chi connectivity index (χ1n) is 5.75. The SMILES string of the molecule is CS(=O)(=O)Nc1nc(CC(=O)N2CC(=O)NC(=O)C2)cs1. The fourth-order valence-corrected chi connectivity index (χ4v) is 3.24. The van der Waals surface area contributed by atoms with E-state index in [1.165, 1.54) is 5.38 Å². The van der Waals surface area contributed by atoms with Crippen LogP contribution in [-0.4, -0.2) is 55.4 Å². The van der Waals surface area contributed by atoms with Gasteiger partial charge in [0.25, 0.3) is 0 Å². The van der Waals surface area contributed by atoms with Crippen LogP contribution in [0.2, 0.25) is 0 Å². The van der Waals surface area contributed by atoms with Gasteiger partial charge in [0.15, 0.2) is 5.13 Å². The Bertz CT molecular complexity index is 680. The maximum atomic E-state index is 12.0. The predicted octanol–water partition coefficient (Wildman–Crippen LogP) is -1.46. The number of amides is 3. The van der Waals surface area contributed by atoms with Crippen LogP contribution in [0.4, 0.5) is 5.13 Å². The molecule has 1 fully saturated rings. The van der Waals surface area contributed by atoms with Crippen molar-refractivity contribution in [2.24, 2.45) is 0 Å². The number of carbonyl (C=O) groups excluding carboxylic acids is 3. The molecule has 3 amide bonds. The molecule has 1 saturated heterocycles. The monoisotopic (exact) mass is 332 g/mol. The van der Waals surface area contributed by atoms with Crippen LogP contribution in [0.25, 0.3) is 0 Å². The van der Waals surface area contributed by atoms with Gasteiger partial charge in [0.05, 0.1) is 18.4 Å². The maximum absolute atomic E-state index is 12.0. The van der Waals surface area contributed by atoms with Gasteiger partial charge in [-0.25, -0.2) is 13.4 Å². The van der Waals surface area contributed by atoms with Crippen molar-refractivity contribution >= 4 is 44.2 Å². The Balaban J connectivity index is 2.00. The molecule has 2 heterocycles. The van der Waals surface area contributed by atoms with Gasteiger partial charge in [-0.15, -0.1) is 11.3 Å². The largest absolute Gasteiger partial charge is 0.324 e. The zero-order valence-corrected chi connectivity index (χ0v) is 12.6. The van der Waals surface area contributed by atoms with Gasteiger partial charge in [-0.3, -0.25) is 24.4 Å². The summed E-state index contributed by atoms with van der Waals surface area (Å²) >= 11 is 1.05. The van der Waals surface area contributed by atoms with Crippen molar-refractivity contribution in [3.05, 3.63) is 11.1 Å². The molecule has 0 aromatic carbocycles. The van der Waals surface area contributed by atoms with E-state index in [2.05, 4.69) is 15.0 Å². The molecule has 1 aromatic rings. The zero-order chi connectivity index (χ0) is 15.6. The molecule has 0 aliphatic carbocycles. The number of imide groups is 1. The first-order valence-corrected chi connectivity index (χ1v) is 8.53. The number of aromatic nitrogens is 1. The van der Waals surface area contributed by atoms with E-state index in [9.17, 15) is 22.8 Å². The number of nitrogens with one attached hydrogen (secondary N) is 2. The Labute approximate surface area is 124 Å². The summed E-state index contributed by atoms with van der Waals surface area (Å²) in [6.07, 6.45) is 0.889. The van der Waals surface area contributed by atoms with Gasteiger partial charge in [0, 0.05) is 5.38 Å². The van der Waals surface area contributed by atoms with Crippen molar-refractivity contribution in [2.75, 3.05) is 24.1 Å². The Hall–Kier alpha value is -2.01. The van der Waals surface area contributed by atoms with Crippen LogP contribution >= 0.6 is 11.3 Å². The second kappa shape index (κ2) is 5.77. The van der Waals surface area contributed by atoms with Gasteiger partial charge in [0.2, 0.25) is 27.7 Å². The second-order valence-corrected chi connectivity index (χ2v) is 7.02. The molecule has 11 heteroatoms. The highest BCUT2D eigenvalue weighted by Gasteiger charge is 2.26. The van der Waals surface area contributed by atoms with Crippen LogP contribution in [0, 0.1) is 0 Å². The molecule has 0 spiro atoms. The number of thiazole rings is 1. The number of hydrogen-bond donors (Lipinski definition) is 2. The molecule has 21 heavy (non-hydrogen) atoms. The van der Waals surface area contributed by atoms with E-state index < -0.39 is 27.7 Å². The highest BCUT2D eigenvalue weighted by molar-refractivity contribution is 7.92. The molecule has 0 unspecified atom stereocenters. The third kappa shape index (κ3) is 4.49. The van der Waals surface area contributed by atoms with Crippen molar-refractivity contribution in [3.63, 3.8) is 0 Å². The summed E-state index contributed by atoms with van der Waals surface area (Å²) < 4.78 is 24.3. The minimum atomic E-state index is -3.42. The van der Waals surface area contributed by atoms with Crippen LogP contribution < -0.4 is 10.0 Å². The number of piperazine rings is 1. The number of rotatable bonds is 4. The fourth-order valence-electron chi connectivity index (χ4n) is 1.67. The summed E-state index contributed by atoms with van der Waals surface area (Å²) in [6.45, 7) is -0.355. The van der Waals surface area contributed by atoms with E-state index in [4.69, 9.17) is 0 Å². The lowest BCUT2D eigenvalue weighted by molar-refractivity contribution is -0.145. The number of sulfonamides is 1. The quantitative estimate of drug-likeness (QED) is 0.649.